The Hall–Kier alpha value is -1.87. The van der Waals surface area contributed by atoms with Crippen molar-refractivity contribution in [3.05, 3.63) is 65.0 Å². The summed E-state index contributed by atoms with van der Waals surface area (Å²) in [7, 11) is 0. The first kappa shape index (κ1) is 12.2. The van der Waals surface area contributed by atoms with Gasteiger partial charge < -0.3 is 10.5 Å². The van der Waals surface area contributed by atoms with Crippen LogP contribution in [0.1, 0.15) is 29.7 Å². The van der Waals surface area contributed by atoms with E-state index in [9.17, 15) is 4.39 Å². The van der Waals surface area contributed by atoms with E-state index in [0.29, 0.717) is 0 Å². The largest absolute Gasteiger partial charge is 0.490 e. The monoisotopic (exact) mass is 257 g/mol. The molecule has 0 saturated carbocycles. The van der Waals surface area contributed by atoms with Crippen molar-refractivity contribution in [1.82, 2.24) is 0 Å². The first-order chi connectivity index (χ1) is 9.13. The van der Waals surface area contributed by atoms with Gasteiger partial charge in [0.1, 0.15) is 17.7 Å². The summed E-state index contributed by atoms with van der Waals surface area (Å²) in [5.74, 6) is 0.675. The summed E-state index contributed by atoms with van der Waals surface area (Å²) in [4.78, 5) is 0. The standard InChI is InChI=1S/C16H16FNO/c1-10-7-13-8-12(5-6-15(13)19-10)16(18)11-3-2-4-14(17)9-11/h2-6,8-10,16H,7,18H2,1H3. The van der Waals surface area contributed by atoms with Crippen molar-refractivity contribution in [3.8, 4) is 5.75 Å². The van der Waals surface area contributed by atoms with Crippen molar-refractivity contribution in [3.63, 3.8) is 0 Å². The SMILES string of the molecule is CC1Cc2cc(C(N)c3cccc(F)c3)ccc2O1. The highest BCUT2D eigenvalue weighted by Crippen LogP contribution is 2.32. The van der Waals surface area contributed by atoms with Crippen LogP contribution >= 0.6 is 0 Å². The van der Waals surface area contributed by atoms with Crippen LogP contribution in [0.25, 0.3) is 0 Å². The van der Waals surface area contributed by atoms with Crippen molar-refractivity contribution < 1.29 is 9.13 Å². The Labute approximate surface area is 112 Å². The molecular weight excluding hydrogens is 241 g/mol. The molecule has 2 nitrogen and oxygen atoms in total. The van der Waals surface area contributed by atoms with Crippen molar-refractivity contribution in [1.29, 1.82) is 0 Å². The van der Waals surface area contributed by atoms with Gasteiger partial charge in [0, 0.05) is 6.42 Å². The zero-order valence-corrected chi connectivity index (χ0v) is 10.8. The van der Waals surface area contributed by atoms with Crippen LogP contribution < -0.4 is 10.5 Å². The van der Waals surface area contributed by atoms with Crippen LogP contribution in [-0.4, -0.2) is 6.10 Å². The number of fused-ring (bicyclic) bond motifs is 1. The summed E-state index contributed by atoms with van der Waals surface area (Å²) in [5, 5.41) is 0. The Balaban J connectivity index is 1.93. The molecule has 0 aliphatic carbocycles. The van der Waals surface area contributed by atoms with E-state index in [4.69, 9.17) is 10.5 Å². The molecule has 1 aliphatic rings. The predicted octanol–water partition coefficient (Wildman–Crippen LogP) is 3.20. The molecular formula is C16H16FNO. The maximum Gasteiger partial charge on any atom is 0.123 e. The van der Waals surface area contributed by atoms with Crippen molar-refractivity contribution >= 4 is 0 Å². The lowest BCUT2D eigenvalue weighted by Gasteiger charge is -2.13. The second-order valence-electron chi connectivity index (χ2n) is 5.03. The van der Waals surface area contributed by atoms with E-state index >= 15 is 0 Å². The number of hydrogen-bond acceptors (Lipinski definition) is 2. The van der Waals surface area contributed by atoms with Crippen LogP contribution in [0.4, 0.5) is 4.39 Å². The number of benzene rings is 2. The Morgan fingerprint density at radius 3 is 2.79 bits per heavy atom. The molecule has 0 fully saturated rings. The van der Waals surface area contributed by atoms with E-state index in [1.165, 1.54) is 17.7 Å². The number of halogens is 1. The van der Waals surface area contributed by atoms with E-state index in [0.717, 1.165) is 23.3 Å². The van der Waals surface area contributed by atoms with Gasteiger partial charge in [-0.05, 0) is 41.8 Å². The third-order valence-electron chi connectivity index (χ3n) is 3.49. The fourth-order valence-corrected chi connectivity index (χ4v) is 2.53. The third-order valence-corrected chi connectivity index (χ3v) is 3.49. The second kappa shape index (κ2) is 4.67. The maximum atomic E-state index is 13.2. The average molecular weight is 257 g/mol. The van der Waals surface area contributed by atoms with Crippen molar-refractivity contribution in [2.45, 2.75) is 25.5 Å². The highest BCUT2D eigenvalue weighted by Gasteiger charge is 2.20. The van der Waals surface area contributed by atoms with Gasteiger partial charge in [0.05, 0.1) is 6.04 Å². The lowest BCUT2D eigenvalue weighted by Crippen LogP contribution is -2.12. The van der Waals surface area contributed by atoms with Gasteiger partial charge in [0.25, 0.3) is 0 Å². The highest BCUT2D eigenvalue weighted by atomic mass is 19.1. The molecule has 19 heavy (non-hydrogen) atoms. The quantitative estimate of drug-likeness (QED) is 0.896. The summed E-state index contributed by atoms with van der Waals surface area (Å²) in [6.45, 7) is 2.05. The van der Waals surface area contributed by atoms with E-state index < -0.39 is 0 Å². The number of hydrogen-bond donors (Lipinski definition) is 1. The topological polar surface area (TPSA) is 35.2 Å². The molecule has 2 aromatic carbocycles. The van der Waals surface area contributed by atoms with Gasteiger partial charge in [-0.1, -0.05) is 24.3 Å². The Bertz CT molecular complexity index is 611. The second-order valence-corrected chi connectivity index (χ2v) is 5.03. The van der Waals surface area contributed by atoms with E-state index in [1.807, 2.05) is 25.1 Å². The number of ether oxygens (including phenoxy) is 1. The van der Waals surface area contributed by atoms with Gasteiger partial charge in [0.15, 0.2) is 0 Å². The molecule has 1 heterocycles. The van der Waals surface area contributed by atoms with E-state index in [2.05, 4.69) is 6.07 Å². The van der Waals surface area contributed by atoms with E-state index in [-0.39, 0.29) is 18.0 Å². The Morgan fingerprint density at radius 1 is 1.21 bits per heavy atom. The van der Waals surface area contributed by atoms with Crippen molar-refractivity contribution in [2.24, 2.45) is 5.73 Å². The molecule has 2 aromatic rings. The molecule has 3 heteroatoms. The van der Waals surface area contributed by atoms with Crippen LogP contribution in [-0.2, 0) is 6.42 Å². The summed E-state index contributed by atoms with van der Waals surface area (Å²) < 4.78 is 18.9. The molecule has 98 valence electrons. The molecule has 0 spiro atoms. The van der Waals surface area contributed by atoms with Gasteiger partial charge in [-0.2, -0.15) is 0 Å². The molecule has 2 N–H and O–H groups in total. The number of nitrogens with two attached hydrogens (primary N) is 1. The van der Waals surface area contributed by atoms with Gasteiger partial charge in [0.2, 0.25) is 0 Å². The van der Waals surface area contributed by atoms with Gasteiger partial charge in [-0.3, -0.25) is 0 Å². The summed E-state index contributed by atoms with van der Waals surface area (Å²) in [5.41, 5.74) is 9.16. The molecule has 0 saturated heterocycles. The molecule has 2 unspecified atom stereocenters. The first-order valence-corrected chi connectivity index (χ1v) is 6.44. The minimum Gasteiger partial charge on any atom is -0.490 e. The highest BCUT2D eigenvalue weighted by molar-refractivity contribution is 5.43. The molecule has 0 aromatic heterocycles. The smallest absolute Gasteiger partial charge is 0.123 e. The first-order valence-electron chi connectivity index (χ1n) is 6.44. The third kappa shape index (κ3) is 2.34. The number of rotatable bonds is 2. The molecule has 3 rings (SSSR count). The normalized spacial score (nSPS) is 18.8. The fraction of sp³-hybridized carbons (Fsp3) is 0.250. The molecule has 1 aliphatic heterocycles. The zero-order valence-electron chi connectivity index (χ0n) is 10.8. The molecule has 0 amide bonds. The molecule has 0 bridgehead atoms. The van der Waals surface area contributed by atoms with Crippen LogP contribution in [0.3, 0.4) is 0 Å². The summed E-state index contributed by atoms with van der Waals surface area (Å²) in [6.07, 6.45) is 1.12. The zero-order chi connectivity index (χ0) is 13.4. The van der Waals surface area contributed by atoms with E-state index in [1.54, 1.807) is 6.07 Å². The minimum absolute atomic E-state index is 0.218. The van der Waals surface area contributed by atoms with Gasteiger partial charge in [-0.25, -0.2) is 4.39 Å². The van der Waals surface area contributed by atoms with Crippen molar-refractivity contribution in [2.75, 3.05) is 0 Å². The fourth-order valence-electron chi connectivity index (χ4n) is 2.53. The van der Waals surface area contributed by atoms with Crippen LogP contribution in [0, 0.1) is 5.82 Å². The Kier molecular flexibility index (Phi) is 2.99. The van der Waals surface area contributed by atoms with Gasteiger partial charge >= 0.3 is 0 Å². The maximum absolute atomic E-state index is 13.2. The van der Waals surface area contributed by atoms with Crippen LogP contribution in [0.2, 0.25) is 0 Å². The lowest BCUT2D eigenvalue weighted by atomic mass is 9.97. The Morgan fingerprint density at radius 2 is 2.00 bits per heavy atom. The molecule has 2 atom stereocenters. The summed E-state index contributed by atoms with van der Waals surface area (Å²) in [6, 6.07) is 12.1. The summed E-state index contributed by atoms with van der Waals surface area (Å²) >= 11 is 0. The molecule has 0 radical (unpaired) electrons. The van der Waals surface area contributed by atoms with Crippen LogP contribution in [0.5, 0.6) is 5.75 Å². The van der Waals surface area contributed by atoms with Crippen LogP contribution in [0.15, 0.2) is 42.5 Å². The lowest BCUT2D eigenvalue weighted by molar-refractivity contribution is 0.254. The minimum atomic E-state index is -0.308. The van der Waals surface area contributed by atoms with Gasteiger partial charge in [-0.15, -0.1) is 0 Å². The predicted molar refractivity (Wildman–Crippen MR) is 72.7 cm³/mol. The average Bonchev–Trinajstić information content (AvgIpc) is 2.76.